The van der Waals surface area contributed by atoms with E-state index in [4.69, 9.17) is 5.73 Å². The van der Waals surface area contributed by atoms with Gasteiger partial charge in [0.25, 0.3) is 5.91 Å². The summed E-state index contributed by atoms with van der Waals surface area (Å²) in [5.41, 5.74) is 7.21. The Labute approximate surface area is 165 Å². The maximum Gasteiger partial charge on any atom is 0.253 e. The lowest BCUT2D eigenvalue weighted by atomic mass is 9.85. The molecule has 1 aromatic carbocycles. The molecule has 3 heterocycles. The molecule has 0 radical (unpaired) electrons. The summed E-state index contributed by atoms with van der Waals surface area (Å²) in [6, 6.07) is 5.62. The molecule has 1 unspecified atom stereocenters. The zero-order valence-corrected chi connectivity index (χ0v) is 16.5. The number of piperidine rings is 1. The van der Waals surface area contributed by atoms with Gasteiger partial charge in [-0.25, -0.2) is 0 Å². The smallest absolute Gasteiger partial charge is 0.253 e. The van der Waals surface area contributed by atoms with E-state index in [1.54, 1.807) is 6.07 Å². The Morgan fingerprint density at radius 3 is 2.54 bits per heavy atom. The topological polar surface area (TPSA) is 95.7 Å². The van der Waals surface area contributed by atoms with Gasteiger partial charge in [-0.15, -0.1) is 0 Å². The third-order valence-electron chi connectivity index (χ3n) is 6.60. The molecule has 0 spiro atoms. The minimum absolute atomic E-state index is 0.00396. The normalized spacial score (nSPS) is 24.9. The lowest BCUT2D eigenvalue weighted by molar-refractivity contribution is -0.123. The molecule has 3 aliphatic rings. The molecule has 2 saturated heterocycles. The lowest BCUT2D eigenvalue weighted by Gasteiger charge is -2.38. The minimum atomic E-state index is -0.627. The summed E-state index contributed by atoms with van der Waals surface area (Å²) in [6.07, 6.45) is 3.55. The summed E-state index contributed by atoms with van der Waals surface area (Å²) in [5, 5.41) is 2.88. The van der Waals surface area contributed by atoms with Crippen molar-refractivity contribution >= 4 is 23.4 Å². The maximum atomic E-state index is 13.0. The third-order valence-corrected chi connectivity index (χ3v) is 6.60. The van der Waals surface area contributed by atoms with Crippen LogP contribution < -0.4 is 11.1 Å². The summed E-state index contributed by atoms with van der Waals surface area (Å²) in [6.45, 7) is 6.00. The van der Waals surface area contributed by atoms with E-state index in [1.165, 1.54) is 0 Å². The molecule has 7 nitrogen and oxygen atoms in total. The zero-order valence-electron chi connectivity index (χ0n) is 16.5. The average molecular weight is 384 g/mol. The Bertz CT molecular complexity index is 827. The lowest BCUT2D eigenvalue weighted by Crippen LogP contribution is -2.51. The first-order valence-electron chi connectivity index (χ1n) is 10.1. The monoisotopic (exact) mass is 384 g/mol. The number of anilines is 1. The van der Waals surface area contributed by atoms with Crippen molar-refractivity contribution in [3.05, 3.63) is 29.3 Å². The molecule has 2 fully saturated rings. The van der Waals surface area contributed by atoms with Crippen LogP contribution in [0.15, 0.2) is 18.2 Å². The number of carbonyl (C=O) groups excluding carboxylic acids is 3. The molecule has 28 heavy (non-hydrogen) atoms. The highest BCUT2D eigenvalue weighted by atomic mass is 16.2. The van der Waals surface area contributed by atoms with Crippen molar-refractivity contribution in [2.45, 2.75) is 57.0 Å². The fourth-order valence-corrected chi connectivity index (χ4v) is 4.82. The number of benzene rings is 1. The van der Waals surface area contributed by atoms with Crippen LogP contribution in [-0.2, 0) is 15.0 Å². The quantitative estimate of drug-likeness (QED) is 0.825. The van der Waals surface area contributed by atoms with Crippen LogP contribution in [0.1, 0.15) is 55.5 Å². The van der Waals surface area contributed by atoms with Crippen molar-refractivity contribution in [1.82, 2.24) is 9.80 Å². The second-order valence-corrected chi connectivity index (χ2v) is 8.66. The van der Waals surface area contributed by atoms with Gasteiger partial charge < -0.3 is 16.0 Å². The summed E-state index contributed by atoms with van der Waals surface area (Å²) >= 11 is 0. The van der Waals surface area contributed by atoms with Gasteiger partial charge in [-0.05, 0) is 69.8 Å². The van der Waals surface area contributed by atoms with Crippen LogP contribution in [0.3, 0.4) is 0 Å². The van der Waals surface area contributed by atoms with Crippen molar-refractivity contribution in [3.8, 4) is 0 Å². The van der Waals surface area contributed by atoms with Crippen molar-refractivity contribution in [1.29, 1.82) is 0 Å². The molecule has 0 bridgehead atoms. The number of nitrogens with zero attached hydrogens (tertiary/aromatic N) is 2. The van der Waals surface area contributed by atoms with Gasteiger partial charge in [0.15, 0.2) is 0 Å². The van der Waals surface area contributed by atoms with Crippen LogP contribution in [0, 0.1) is 0 Å². The first kappa shape index (κ1) is 18.9. The number of amides is 3. The molecule has 1 aromatic rings. The largest absolute Gasteiger partial charge is 0.368 e. The highest BCUT2D eigenvalue weighted by molar-refractivity contribution is 6.07. The molecule has 4 rings (SSSR count). The van der Waals surface area contributed by atoms with Crippen LogP contribution in [0.4, 0.5) is 5.69 Å². The molecule has 150 valence electrons. The summed E-state index contributed by atoms with van der Waals surface area (Å²) in [5.74, 6) is -0.272. The number of likely N-dealkylation sites (tertiary alicyclic amines) is 2. The molecular formula is C21H28N4O3. The van der Waals surface area contributed by atoms with Gasteiger partial charge in [-0.3, -0.25) is 19.3 Å². The molecule has 0 aromatic heterocycles. The summed E-state index contributed by atoms with van der Waals surface area (Å²) in [4.78, 5) is 40.9. The summed E-state index contributed by atoms with van der Waals surface area (Å²) < 4.78 is 0. The Morgan fingerprint density at radius 1 is 1.14 bits per heavy atom. The first-order valence-corrected chi connectivity index (χ1v) is 10.1. The standard InChI is InChI=1S/C21H28N4O3/c1-21(2)15-12-13(5-6-16(15)23-20(21)28)19(27)24-10-7-14(8-11-24)25-9-3-4-17(25)18(22)26/h5-6,12,14,17H,3-4,7-11H2,1-2H3,(H2,22,26)(H,23,28). The SMILES string of the molecule is CC1(C)C(=O)Nc2ccc(C(=O)N3CCC(N4CCCC4C(N)=O)CC3)cc21. The number of primary amides is 1. The van der Waals surface area contributed by atoms with Crippen LogP contribution in [-0.4, -0.2) is 59.2 Å². The van der Waals surface area contributed by atoms with Gasteiger partial charge in [-0.1, -0.05) is 0 Å². The zero-order chi connectivity index (χ0) is 20.1. The van der Waals surface area contributed by atoms with E-state index in [9.17, 15) is 14.4 Å². The average Bonchev–Trinajstić information content (AvgIpc) is 3.25. The van der Waals surface area contributed by atoms with Gasteiger partial charge in [-0.2, -0.15) is 0 Å². The number of nitrogens with two attached hydrogens (primary N) is 1. The van der Waals surface area contributed by atoms with E-state index in [1.807, 2.05) is 30.9 Å². The maximum absolute atomic E-state index is 13.0. The molecule has 0 aliphatic carbocycles. The molecule has 3 aliphatic heterocycles. The predicted octanol–water partition coefficient (Wildman–Crippen LogP) is 1.47. The van der Waals surface area contributed by atoms with Gasteiger partial charge >= 0.3 is 0 Å². The number of carbonyl (C=O) groups is 3. The number of fused-ring (bicyclic) bond motifs is 1. The van der Waals surface area contributed by atoms with Crippen molar-refractivity contribution < 1.29 is 14.4 Å². The highest BCUT2D eigenvalue weighted by Gasteiger charge is 2.39. The van der Waals surface area contributed by atoms with Gasteiger partial charge in [0.1, 0.15) is 0 Å². The van der Waals surface area contributed by atoms with E-state index < -0.39 is 5.41 Å². The molecule has 3 N–H and O–H groups in total. The fraction of sp³-hybridized carbons (Fsp3) is 0.571. The Balaban J connectivity index is 1.43. The van der Waals surface area contributed by atoms with Crippen LogP contribution in [0.5, 0.6) is 0 Å². The number of nitrogens with one attached hydrogen (secondary N) is 1. The van der Waals surface area contributed by atoms with E-state index in [2.05, 4.69) is 10.2 Å². The Kier molecular flexibility index (Phi) is 4.65. The Hall–Kier alpha value is -2.41. The molecule has 1 atom stereocenters. The van der Waals surface area contributed by atoms with Gasteiger partial charge in [0, 0.05) is 30.4 Å². The minimum Gasteiger partial charge on any atom is -0.368 e. The number of hydrogen-bond acceptors (Lipinski definition) is 4. The van der Waals surface area contributed by atoms with Crippen molar-refractivity contribution in [2.24, 2.45) is 5.73 Å². The molecule has 7 heteroatoms. The van der Waals surface area contributed by atoms with Gasteiger partial charge in [0.2, 0.25) is 11.8 Å². The summed E-state index contributed by atoms with van der Waals surface area (Å²) in [7, 11) is 0. The van der Waals surface area contributed by atoms with Crippen LogP contribution in [0.25, 0.3) is 0 Å². The second kappa shape index (κ2) is 6.88. The first-order chi connectivity index (χ1) is 13.3. The molecule has 3 amide bonds. The van der Waals surface area contributed by atoms with E-state index in [0.717, 1.165) is 43.5 Å². The van der Waals surface area contributed by atoms with E-state index >= 15 is 0 Å². The Morgan fingerprint density at radius 2 is 1.86 bits per heavy atom. The fourth-order valence-electron chi connectivity index (χ4n) is 4.82. The second-order valence-electron chi connectivity index (χ2n) is 8.66. The number of rotatable bonds is 3. The predicted molar refractivity (Wildman–Crippen MR) is 106 cm³/mol. The van der Waals surface area contributed by atoms with Crippen LogP contribution >= 0.6 is 0 Å². The van der Waals surface area contributed by atoms with Crippen LogP contribution in [0.2, 0.25) is 0 Å². The highest BCUT2D eigenvalue weighted by Crippen LogP contribution is 2.38. The molecular weight excluding hydrogens is 356 g/mol. The number of hydrogen-bond donors (Lipinski definition) is 2. The third kappa shape index (κ3) is 3.07. The molecule has 0 saturated carbocycles. The van der Waals surface area contributed by atoms with Gasteiger partial charge in [0.05, 0.1) is 11.5 Å². The van der Waals surface area contributed by atoms with Crippen molar-refractivity contribution in [3.63, 3.8) is 0 Å². The van der Waals surface area contributed by atoms with Crippen molar-refractivity contribution in [2.75, 3.05) is 25.0 Å². The van der Waals surface area contributed by atoms with E-state index in [0.29, 0.717) is 24.7 Å². The van der Waals surface area contributed by atoms with E-state index in [-0.39, 0.29) is 23.8 Å².